The van der Waals surface area contributed by atoms with Crippen molar-refractivity contribution in [3.8, 4) is 11.3 Å². The van der Waals surface area contributed by atoms with Gasteiger partial charge < -0.3 is 15.4 Å². The van der Waals surface area contributed by atoms with Crippen molar-refractivity contribution in [3.05, 3.63) is 70.0 Å². The summed E-state index contributed by atoms with van der Waals surface area (Å²) in [6.45, 7) is 2.02. The molecule has 0 spiro atoms. The molecule has 1 saturated heterocycles. The van der Waals surface area contributed by atoms with Crippen molar-refractivity contribution >= 4 is 16.7 Å². The molecule has 0 aliphatic carbocycles. The maximum atomic E-state index is 12.7. The van der Waals surface area contributed by atoms with Crippen LogP contribution in [0.4, 0.5) is 0 Å². The highest BCUT2D eigenvalue weighted by molar-refractivity contribution is 5.90. The number of aromatic amines is 1. The van der Waals surface area contributed by atoms with E-state index >= 15 is 0 Å². The minimum atomic E-state index is -0.327. The Hall–Kier alpha value is -2.92. The van der Waals surface area contributed by atoms with E-state index in [1.54, 1.807) is 6.07 Å². The smallest absolute Gasteiger partial charge is 0.256 e. The van der Waals surface area contributed by atoms with Crippen molar-refractivity contribution in [2.45, 2.75) is 31.7 Å². The fourth-order valence-corrected chi connectivity index (χ4v) is 3.89. The Kier molecular flexibility index (Phi) is 4.54. The number of pyridine rings is 1. The number of carbonyl (C=O) groups excluding carboxylic acids is 1. The summed E-state index contributed by atoms with van der Waals surface area (Å²) in [5.41, 5.74) is 3.66. The van der Waals surface area contributed by atoms with E-state index in [1.807, 2.05) is 36.4 Å². The van der Waals surface area contributed by atoms with E-state index < -0.39 is 0 Å². The molecule has 5 nitrogen and oxygen atoms in total. The lowest BCUT2D eigenvalue weighted by Crippen LogP contribution is -2.28. The van der Waals surface area contributed by atoms with E-state index in [0.29, 0.717) is 11.8 Å². The Morgan fingerprint density at radius 3 is 2.67 bits per heavy atom. The molecule has 1 aromatic heterocycles. The van der Waals surface area contributed by atoms with E-state index in [4.69, 9.17) is 0 Å². The number of carbonyl (C=O) groups is 1. The molecular weight excluding hydrogens is 340 g/mol. The first-order valence-corrected chi connectivity index (χ1v) is 9.27. The Morgan fingerprint density at radius 1 is 1.11 bits per heavy atom. The predicted octanol–water partition coefficient (Wildman–Crippen LogP) is 2.72. The Labute approximate surface area is 157 Å². The zero-order chi connectivity index (χ0) is 19.0. The lowest BCUT2D eigenvalue weighted by atomic mass is 9.93. The third kappa shape index (κ3) is 3.15. The standard InChI is InChI=1S/C22H22N2O3/c1-2-13-5-3-4-6-17(13)20-10-15-8-7-14(9-18(15)22(27)24-20)19-11-16(12-25)23-21(19)26/h3-10,16,19,25H,2,11-12H2,1H3,(H,23,26)(H,24,27)/t16?,19-/m1/s1. The van der Waals surface area contributed by atoms with Crippen molar-refractivity contribution in [1.29, 1.82) is 0 Å². The molecule has 2 heterocycles. The highest BCUT2D eigenvalue weighted by atomic mass is 16.3. The SMILES string of the molecule is CCc1ccccc1-c1cc2ccc([C@H]3CC(CO)NC3=O)cc2c(=O)[nH]1. The van der Waals surface area contributed by atoms with E-state index in [0.717, 1.165) is 28.6 Å². The van der Waals surface area contributed by atoms with Gasteiger partial charge in [-0.15, -0.1) is 0 Å². The maximum absolute atomic E-state index is 12.7. The number of amides is 1. The average molecular weight is 362 g/mol. The van der Waals surface area contributed by atoms with Gasteiger partial charge in [0.2, 0.25) is 5.91 Å². The van der Waals surface area contributed by atoms with Crippen LogP contribution in [0, 0.1) is 0 Å². The molecule has 1 aliphatic rings. The van der Waals surface area contributed by atoms with Crippen LogP contribution >= 0.6 is 0 Å². The highest BCUT2D eigenvalue weighted by Crippen LogP contribution is 2.30. The second-order valence-corrected chi connectivity index (χ2v) is 7.05. The lowest BCUT2D eigenvalue weighted by Gasteiger charge is -2.11. The number of fused-ring (bicyclic) bond motifs is 1. The molecule has 0 radical (unpaired) electrons. The van der Waals surface area contributed by atoms with Gasteiger partial charge in [0, 0.05) is 16.6 Å². The summed E-state index contributed by atoms with van der Waals surface area (Å²) >= 11 is 0. The summed E-state index contributed by atoms with van der Waals surface area (Å²) in [6.07, 6.45) is 1.43. The van der Waals surface area contributed by atoms with Crippen molar-refractivity contribution in [1.82, 2.24) is 10.3 Å². The van der Waals surface area contributed by atoms with Crippen molar-refractivity contribution < 1.29 is 9.90 Å². The number of aliphatic hydroxyl groups excluding tert-OH is 1. The third-order valence-electron chi connectivity index (χ3n) is 5.36. The molecule has 1 fully saturated rings. The number of hydrogen-bond acceptors (Lipinski definition) is 3. The number of rotatable bonds is 4. The number of aromatic nitrogens is 1. The van der Waals surface area contributed by atoms with Gasteiger partial charge in [0.25, 0.3) is 5.56 Å². The lowest BCUT2D eigenvalue weighted by molar-refractivity contribution is -0.120. The van der Waals surface area contributed by atoms with Crippen LogP contribution in [0.5, 0.6) is 0 Å². The molecule has 0 bridgehead atoms. The summed E-state index contributed by atoms with van der Waals surface area (Å²) < 4.78 is 0. The Morgan fingerprint density at radius 2 is 1.93 bits per heavy atom. The molecule has 4 rings (SSSR count). The van der Waals surface area contributed by atoms with Crippen LogP contribution in [-0.2, 0) is 11.2 Å². The predicted molar refractivity (Wildman–Crippen MR) is 106 cm³/mol. The number of aliphatic hydroxyl groups is 1. The van der Waals surface area contributed by atoms with E-state index in [1.165, 1.54) is 5.56 Å². The summed E-state index contributed by atoms with van der Waals surface area (Å²) in [7, 11) is 0. The van der Waals surface area contributed by atoms with Crippen LogP contribution in [0.3, 0.4) is 0 Å². The van der Waals surface area contributed by atoms with Gasteiger partial charge in [0.15, 0.2) is 0 Å². The molecule has 27 heavy (non-hydrogen) atoms. The fourth-order valence-electron chi connectivity index (χ4n) is 3.89. The fraction of sp³-hybridized carbons (Fsp3) is 0.273. The number of H-pyrrole nitrogens is 1. The molecule has 0 saturated carbocycles. The topological polar surface area (TPSA) is 82.2 Å². The molecule has 5 heteroatoms. The first-order valence-electron chi connectivity index (χ1n) is 9.27. The molecule has 1 aliphatic heterocycles. The van der Waals surface area contributed by atoms with Crippen molar-refractivity contribution in [3.63, 3.8) is 0 Å². The molecule has 2 atom stereocenters. The largest absolute Gasteiger partial charge is 0.394 e. The van der Waals surface area contributed by atoms with Gasteiger partial charge in [-0.25, -0.2) is 0 Å². The first kappa shape index (κ1) is 17.5. The molecule has 1 unspecified atom stereocenters. The Bertz CT molecular complexity index is 1070. The summed E-state index contributed by atoms with van der Waals surface area (Å²) in [5, 5.41) is 13.5. The van der Waals surface area contributed by atoms with Crippen LogP contribution < -0.4 is 10.9 Å². The second kappa shape index (κ2) is 7.00. The van der Waals surface area contributed by atoms with Gasteiger partial charge in [-0.1, -0.05) is 43.3 Å². The van der Waals surface area contributed by atoms with Crippen LogP contribution in [0.15, 0.2) is 53.3 Å². The van der Waals surface area contributed by atoms with Crippen LogP contribution in [-0.4, -0.2) is 28.6 Å². The van der Waals surface area contributed by atoms with Gasteiger partial charge in [-0.3, -0.25) is 9.59 Å². The summed E-state index contributed by atoms with van der Waals surface area (Å²) in [5.74, 6) is -0.426. The highest BCUT2D eigenvalue weighted by Gasteiger charge is 2.32. The number of nitrogens with one attached hydrogen (secondary N) is 2. The van der Waals surface area contributed by atoms with Gasteiger partial charge in [-0.2, -0.15) is 0 Å². The minimum Gasteiger partial charge on any atom is -0.394 e. The zero-order valence-corrected chi connectivity index (χ0v) is 15.2. The van der Waals surface area contributed by atoms with Gasteiger partial charge in [0.1, 0.15) is 0 Å². The third-order valence-corrected chi connectivity index (χ3v) is 5.36. The van der Waals surface area contributed by atoms with Gasteiger partial charge in [-0.05, 0) is 41.5 Å². The van der Waals surface area contributed by atoms with Crippen LogP contribution in [0.25, 0.3) is 22.0 Å². The van der Waals surface area contributed by atoms with Crippen LogP contribution in [0.1, 0.15) is 30.4 Å². The molecular formula is C22H22N2O3. The normalized spacial score (nSPS) is 19.4. The maximum Gasteiger partial charge on any atom is 0.256 e. The van der Waals surface area contributed by atoms with Crippen molar-refractivity contribution in [2.24, 2.45) is 0 Å². The van der Waals surface area contributed by atoms with E-state index in [-0.39, 0.29) is 30.0 Å². The zero-order valence-electron chi connectivity index (χ0n) is 15.2. The van der Waals surface area contributed by atoms with E-state index in [9.17, 15) is 14.7 Å². The van der Waals surface area contributed by atoms with Crippen molar-refractivity contribution in [2.75, 3.05) is 6.61 Å². The van der Waals surface area contributed by atoms with E-state index in [2.05, 4.69) is 23.3 Å². The molecule has 3 aromatic rings. The minimum absolute atomic E-state index is 0.0728. The van der Waals surface area contributed by atoms with Crippen LogP contribution in [0.2, 0.25) is 0 Å². The molecule has 138 valence electrons. The summed E-state index contributed by atoms with van der Waals surface area (Å²) in [6, 6.07) is 15.4. The number of hydrogen-bond donors (Lipinski definition) is 3. The molecule has 3 N–H and O–H groups in total. The first-order chi connectivity index (χ1) is 13.1. The second-order valence-electron chi connectivity index (χ2n) is 7.05. The number of benzene rings is 2. The molecule has 2 aromatic carbocycles. The number of aryl methyl sites for hydroxylation is 1. The summed E-state index contributed by atoms with van der Waals surface area (Å²) in [4.78, 5) is 27.9. The van der Waals surface area contributed by atoms with Gasteiger partial charge >= 0.3 is 0 Å². The quantitative estimate of drug-likeness (QED) is 0.667. The average Bonchev–Trinajstić information content (AvgIpc) is 3.08. The Balaban J connectivity index is 1.77. The monoisotopic (exact) mass is 362 g/mol. The molecule has 1 amide bonds. The van der Waals surface area contributed by atoms with Gasteiger partial charge in [0.05, 0.1) is 18.6 Å².